The van der Waals surface area contributed by atoms with E-state index in [0.717, 1.165) is 4.31 Å². The Bertz CT molecular complexity index is 266. The van der Waals surface area contributed by atoms with Crippen LogP contribution in [0.25, 0.3) is 0 Å². The molecule has 2 unspecified atom stereocenters. The van der Waals surface area contributed by atoms with Gasteiger partial charge in [-0.25, -0.2) is 5.14 Å². The van der Waals surface area contributed by atoms with Gasteiger partial charge in [0.05, 0.1) is 18.8 Å². The smallest absolute Gasteiger partial charge is 0.277 e. The summed E-state index contributed by atoms with van der Waals surface area (Å²) in [5.41, 5.74) is 0. The van der Waals surface area contributed by atoms with Crippen LogP contribution in [0.1, 0.15) is 6.92 Å². The summed E-state index contributed by atoms with van der Waals surface area (Å²) in [6.45, 7) is 1.91. The number of hydrogen-bond acceptors (Lipinski definition) is 4. The zero-order valence-corrected chi connectivity index (χ0v) is 8.20. The minimum absolute atomic E-state index is 0.125. The predicted octanol–water partition coefficient (Wildman–Crippen LogP) is -1.73. The van der Waals surface area contributed by atoms with Crippen LogP contribution in [-0.2, 0) is 14.9 Å². The van der Waals surface area contributed by atoms with Crippen molar-refractivity contribution in [3.05, 3.63) is 0 Å². The molecule has 0 amide bonds. The van der Waals surface area contributed by atoms with E-state index in [4.69, 9.17) is 15.0 Å². The van der Waals surface area contributed by atoms with Gasteiger partial charge < -0.3 is 9.84 Å². The van der Waals surface area contributed by atoms with Crippen LogP contribution in [-0.4, -0.2) is 49.7 Å². The van der Waals surface area contributed by atoms with Crippen LogP contribution in [0.2, 0.25) is 0 Å². The normalized spacial score (nSPS) is 31.9. The summed E-state index contributed by atoms with van der Waals surface area (Å²) in [5.74, 6) is 0. The highest BCUT2D eigenvalue weighted by Crippen LogP contribution is 2.12. The molecular weight excluding hydrogens is 196 g/mol. The SMILES string of the molecule is CC1CN(S(N)(=O)=O)CC(CO)O1. The minimum atomic E-state index is -3.66. The summed E-state index contributed by atoms with van der Waals surface area (Å²) in [4.78, 5) is 0. The van der Waals surface area contributed by atoms with Crippen molar-refractivity contribution in [2.24, 2.45) is 5.14 Å². The van der Waals surface area contributed by atoms with Crippen molar-refractivity contribution >= 4 is 10.2 Å². The maximum Gasteiger partial charge on any atom is 0.277 e. The van der Waals surface area contributed by atoms with Gasteiger partial charge in [0.2, 0.25) is 0 Å². The zero-order valence-electron chi connectivity index (χ0n) is 7.38. The van der Waals surface area contributed by atoms with Gasteiger partial charge in [-0.1, -0.05) is 0 Å². The van der Waals surface area contributed by atoms with Crippen molar-refractivity contribution in [3.8, 4) is 0 Å². The molecule has 0 saturated carbocycles. The van der Waals surface area contributed by atoms with Crippen molar-refractivity contribution in [1.82, 2.24) is 4.31 Å². The Labute approximate surface area is 77.5 Å². The van der Waals surface area contributed by atoms with E-state index < -0.39 is 16.3 Å². The van der Waals surface area contributed by atoms with Crippen molar-refractivity contribution in [2.75, 3.05) is 19.7 Å². The molecule has 13 heavy (non-hydrogen) atoms. The van der Waals surface area contributed by atoms with Gasteiger partial charge in [0, 0.05) is 13.1 Å². The topological polar surface area (TPSA) is 92.9 Å². The average Bonchev–Trinajstić information content (AvgIpc) is 2.01. The first-order valence-electron chi connectivity index (χ1n) is 3.97. The molecule has 1 heterocycles. The molecule has 1 fully saturated rings. The summed E-state index contributed by atoms with van der Waals surface area (Å²) in [6.07, 6.45) is -0.703. The summed E-state index contributed by atoms with van der Waals surface area (Å²) < 4.78 is 28.3. The van der Waals surface area contributed by atoms with E-state index in [0.29, 0.717) is 0 Å². The summed E-state index contributed by atoms with van der Waals surface area (Å²) in [6, 6.07) is 0. The van der Waals surface area contributed by atoms with Crippen LogP contribution in [0.5, 0.6) is 0 Å². The van der Waals surface area contributed by atoms with E-state index in [2.05, 4.69) is 0 Å². The van der Waals surface area contributed by atoms with Crippen molar-refractivity contribution in [1.29, 1.82) is 0 Å². The fourth-order valence-corrected chi connectivity index (χ4v) is 2.10. The molecule has 2 atom stereocenters. The van der Waals surface area contributed by atoms with Crippen molar-refractivity contribution < 1.29 is 18.3 Å². The lowest BCUT2D eigenvalue weighted by molar-refractivity contribution is -0.0750. The van der Waals surface area contributed by atoms with Gasteiger partial charge in [0.1, 0.15) is 0 Å². The van der Waals surface area contributed by atoms with Gasteiger partial charge >= 0.3 is 0 Å². The summed E-state index contributed by atoms with van der Waals surface area (Å²) in [7, 11) is -3.66. The van der Waals surface area contributed by atoms with E-state index in [1.54, 1.807) is 6.92 Å². The van der Waals surface area contributed by atoms with Gasteiger partial charge in [-0.15, -0.1) is 0 Å². The standard InChI is InChI=1S/C6H14N2O4S/c1-5-2-8(13(7,10)11)3-6(4-9)12-5/h5-6,9H,2-4H2,1H3,(H2,7,10,11). The first-order chi connectivity index (χ1) is 5.93. The van der Waals surface area contributed by atoms with E-state index in [-0.39, 0.29) is 25.8 Å². The van der Waals surface area contributed by atoms with Crippen molar-refractivity contribution in [3.63, 3.8) is 0 Å². The molecule has 6 nitrogen and oxygen atoms in total. The molecule has 3 N–H and O–H groups in total. The Morgan fingerprint density at radius 2 is 2.23 bits per heavy atom. The Balaban J connectivity index is 2.68. The van der Waals surface area contributed by atoms with Gasteiger partial charge in [-0.05, 0) is 6.92 Å². The highest BCUT2D eigenvalue weighted by molar-refractivity contribution is 7.86. The molecule has 0 aromatic carbocycles. The first-order valence-corrected chi connectivity index (χ1v) is 5.48. The van der Waals surface area contributed by atoms with Gasteiger partial charge in [-0.2, -0.15) is 12.7 Å². The lowest BCUT2D eigenvalue weighted by Crippen LogP contribution is -2.52. The third-order valence-electron chi connectivity index (χ3n) is 1.86. The first kappa shape index (κ1) is 10.9. The molecular formula is C6H14N2O4S. The zero-order chi connectivity index (χ0) is 10.1. The van der Waals surface area contributed by atoms with E-state index in [1.807, 2.05) is 0 Å². The van der Waals surface area contributed by atoms with Crippen molar-refractivity contribution in [2.45, 2.75) is 19.1 Å². The van der Waals surface area contributed by atoms with E-state index >= 15 is 0 Å². The second kappa shape index (κ2) is 3.89. The average molecular weight is 210 g/mol. The monoisotopic (exact) mass is 210 g/mol. The van der Waals surface area contributed by atoms with E-state index in [9.17, 15) is 8.42 Å². The fourth-order valence-electron chi connectivity index (χ4n) is 1.31. The maximum atomic E-state index is 11.0. The highest BCUT2D eigenvalue weighted by Gasteiger charge is 2.30. The second-order valence-electron chi connectivity index (χ2n) is 3.11. The largest absolute Gasteiger partial charge is 0.394 e. The Morgan fingerprint density at radius 3 is 2.69 bits per heavy atom. The van der Waals surface area contributed by atoms with Crippen LogP contribution >= 0.6 is 0 Å². The number of morpholine rings is 1. The Kier molecular flexibility index (Phi) is 3.25. The highest BCUT2D eigenvalue weighted by atomic mass is 32.2. The summed E-state index contributed by atoms with van der Waals surface area (Å²) in [5, 5.41) is 13.8. The molecule has 0 aromatic heterocycles. The number of hydrogen-bond donors (Lipinski definition) is 2. The lowest BCUT2D eigenvalue weighted by atomic mass is 10.2. The Hall–Kier alpha value is -0.210. The number of aliphatic hydroxyl groups is 1. The number of nitrogens with two attached hydrogens (primary N) is 1. The molecule has 0 spiro atoms. The van der Waals surface area contributed by atoms with Gasteiger partial charge in [0.25, 0.3) is 10.2 Å². The van der Waals surface area contributed by atoms with Crippen LogP contribution in [0.4, 0.5) is 0 Å². The minimum Gasteiger partial charge on any atom is -0.394 e. The molecule has 0 aromatic rings. The summed E-state index contributed by atoms with van der Waals surface area (Å²) >= 11 is 0. The van der Waals surface area contributed by atoms with Gasteiger partial charge in [0.15, 0.2) is 0 Å². The van der Waals surface area contributed by atoms with Gasteiger partial charge in [-0.3, -0.25) is 0 Å². The molecule has 7 heteroatoms. The molecule has 1 rings (SSSR count). The quantitative estimate of drug-likeness (QED) is 0.566. The molecule has 78 valence electrons. The number of nitrogens with zero attached hydrogens (tertiary/aromatic N) is 1. The molecule has 0 radical (unpaired) electrons. The third-order valence-corrected chi connectivity index (χ3v) is 2.87. The second-order valence-corrected chi connectivity index (χ2v) is 4.66. The molecule has 1 aliphatic heterocycles. The lowest BCUT2D eigenvalue weighted by Gasteiger charge is -2.33. The number of rotatable bonds is 2. The van der Waals surface area contributed by atoms with E-state index in [1.165, 1.54) is 0 Å². The predicted molar refractivity (Wildman–Crippen MR) is 46.1 cm³/mol. The third kappa shape index (κ3) is 2.89. The Morgan fingerprint density at radius 1 is 1.62 bits per heavy atom. The number of ether oxygens (including phenoxy) is 1. The van der Waals surface area contributed by atoms with Crippen LogP contribution in [0, 0.1) is 0 Å². The van der Waals surface area contributed by atoms with Crippen LogP contribution in [0.3, 0.4) is 0 Å². The fraction of sp³-hybridized carbons (Fsp3) is 1.00. The molecule has 1 aliphatic rings. The van der Waals surface area contributed by atoms with Crippen LogP contribution < -0.4 is 5.14 Å². The number of aliphatic hydroxyl groups excluding tert-OH is 1. The molecule has 1 saturated heterocycles. The molecule has 0 aliphatic carbocycles. The maximum absolute atomic E-state index is 11.0. The van der Waals surface area contributed by atoms with Crippen LogP contribution in [0.15, 0.2) is 0 Å². The molecule has 0 bridgehead atoms.